The van der Waals surface area contributed by atoms with Crippen LogP contribution in [0, 0.1) is 11.3 Å². The molecule has 0 bridgehead atoms. The van der Waals surface area contributed by atoms with Gasteiger partial charge in [0.05, 0.1) is 12.6 Å². The molecule has 0 aliphatic rings. The van der Waals surface area contributed by atoms with Crippen LogP contribution in [-0.2, 0) is 4.79 Å². The summed E-state index contributed by atoms with van der Waals surface area (Å²) < 4.78 is 0. The minimum absolute atomic E-state index is 0.148. The van der Waals surface area contributed by atoms with Crippen LogP contribution in [0.15, 0.2) is 11.8 Å². The van der Waals surface area contributed by atoms with Crippen molar-refractivity contribution in [1.82, 2.24) is 4.90 Å². The Morgan fingerprint density at radius 2 is 2.31 bits per heavy atom. The van der Waals surface area contributed by atoms with Crippen molar-refractivity contribution in [2.45, 2.75) is 19.8 Å². The molecule has 0 radical (unpaired) electrons. The van der Waals surface area contributed by atoms with E-state index in [1.807, 2.05) is 6.92 Å². The minimum atomic E-state index is -0.396. The normalized spacial score (nSPS) is 10.7. The summed E-state index contributed by atoms with van der Waals surface area (Å²) in [6, 6.07) is 2.07. The number of carbonyl (C=O) groups is 1. The molecular weight excluding hydrogens is 166 g/mol. The van der Waals surface area contributed by atoms with Crippen molar-refractivity contribution in [2.75, 3.05) is 13.6 Å². The molecule has 0 atom stereocenters. The number of nitrogens with zero attached hydrogens (tertiary/aromatic N) is 2. The van der Waals surface area contributed by atoms with Gasteiger partial charge >= 0.3 is 0 Å². The Morgan fingerprint density at radius 1 is 1.69 bits per heavy atom. The summed E-state index contributed by atoms with van der Waals surface area (Å²) in [6.07, 6.45) is 3.32. The van der Waals surface area contributed by atoms with Crippen molar-refractivity contribution in [3.8, 4) is 6.07 Å². The highest BCUT2D eigenvalue weighted by Gasteiger charge is 2.00. The lowest BCUT2D eigenvalue weighted by atomic mass is 10.2. The van der Waals surface area contributed by atoms with E-state index in [1.165, 1.54) is 0 Å². The molecule has 0 aromatic heterocycles. The van der Waals surface area contributed by atoms with Gasteiger partial charge in [-0.3, -0.25) is 4.79 Å². The lowest BCUT2D eigenvalue weighted by Gasteiger charge is -2.11. The maximum atomic E-state index is 10.5. The molecule has 0 rings (SSSR count). The van der Waals surface area contributed by atoms with Crippen LogP contribution < -0.4 is 5.73 Å². The van der Waals surface area contributed by atoms with Gasteiger partial charge in [0.15, 0.2) is 0 Å². The summed E-state index contributed by atoms with van der Waals surface area (Å²) in [5.41, 5.74) is 5.66. The Bertz CT molecular complexity index is 240. The number of primary amides is 1. The fourth-order valence-corrected chi connectivity index (χ4v) is 0.976. The van der Waals surface area contributed by atoms with E-state index in [0.717, 1.165) is 12.8 Å². The average Bonchev–Trinajstić information content (AvgIpc) is 2.02. The monoisotopic (exact) mass is 181 g/mol. The molecular formula is C9H15N3O. The second-order valence-corrected chi connectivity index (χ2v) is 2.90. The molecule has 0 heterocycles. The van der Waals surface area contributed by atoms with Crippen LogP contribution in [0.1, 0.15) is 19.8 Å². The standard InChI is InChI=1S/C9H15N3O/c1-3-4-8(5-10)6-12(2)7-9(11)13/h6H,3-4,7H2,1-2H3,(H2,11,13)/b8-6+. The van der Waals surface area contributed by atoms with E-state index < -0.39 is 5.91 Å². The summed E-state index contributed by atoms with van der Waals surface area (Å²) in [4.78, 5) is 12.1. The Kier molecular flexibility index (Phi) is 5.37. The number of nitrogens with two attached hydrogens (primary N) is 1. The number of rotatable bonds is 5. The highest BCUT2D eigenvalue weighted by Crippen LogP contribution is 2.03. The highest BCUT2D eigenvalue weighted by atomic mass is 16.1. The van der Waals surface area contributed by atoms with Gasteiger partial charge in [-0.2, -0.15) is 5.26 Å². The molecule has 0 aromatic carbocycles. The number of hydrogen-bond donors (Lipinski definition) is 1. The van der Waals surface area contributed by atoms with E-state index in [4.69, 9.17) is 11.0 Å². The number of amides is 1. The third-order valence-electron chi connectivity index (χ3n) is 1.44. The van der Waals surface area contributed by atoms with Gasteiger partial charge in [-0.15, -0.1) is 0 Å². The van der Waals surface area contributed by atoms with Crippen LogP contribution in [-0.4, -0.2) is 24.4 Å². The first kappa shape index (κ1) is 11.5. The first-order valence-electron chi connectivity index (χ1n) is 4.19. The van der Waals surface area contributed by atoms with Gasteiger partial charge in [-0.05, 0) is 6.42 Å². The van der Waals surface area contributed by atoms with Crippen LogP contribution in [0.4, 0.5) is 0 Å². The maximum Gasteiger partial charge on any atom is 0.236 e. The molecule has 0 saturated heterocycles. The van der Waals surface area contributed by atoms with Gasteiger partial charge in [-0.25, -0.2) is 0 Å². The van der Waals surface area contributed by atoms with E-state index in [9.17, 15) is 4.79 Å². The summed E-state index contributed by atoms with van der Waals surface area (Å²) in [5, 5.41) is 8.68. The van der Waals surface area contributed by atoms with E-state index >= 15 is 0 Å². The molecule has 2 N–H and O–H groups in total. The molecule has 0 aliphatic carbocycles. The van der Waals surface area contributed by atoms with Crippen LogP contribution >= 0.6 is 0 Å². The Balaban J connectivity index is 4.17. The minimum Gasteiger partial charge on any atom is -0.370 e. The molecule has 0 unspecified atom stereocenters. The van der Waals surface area contributed by atoms with Gasteiger partial charge < -0.3 is 10.6 Å². The second kappa shape index (κ2) is 6.06. The molecule has 72 valence electrons. The van der Waals surface area contributed by atoms with Gasteiger partial charge in [-0.1, -0.05) is 13.3 Å². The third kappa shape index (κ3) is 5.74. The SMILES string of the molecule is CCC/C(C#N)=C\N(C)CC(N)=O. The smallest absolute Gasteiger partial charge is 0.236 e. The largest absolute Gasteiger partial charge is 0.370 e. The quantitative estimate of drug-likeness (QED) is 0.632. The average molecular weight is 181 g/mol. The topological polar surface area (TPSA) is 70.1 Å². The van der Waals surface area contributed by atoms with Crippen LogP contribution in [0.25, 0.3) is 0 Å². The molecule has 1 amide bonds. The first-order valence-corrected chi connectivity index (χ1v) is 4.19. The summed E-state index contributed by atoms with van der Waals surface area (Å²) in [6.45, 7) is 2.15. The van der Waals surface area contributed by atoms with E-state index in [2.05, 4.69) is 6.07 Å². The van der Waals surface area contributed by atoms with Gasteiger partial charge in [0.25, 0.3) is 0 Å². The Labute approximate surface area is 78.6 Å². The van der Waals surface area contributed by atoms with Gasteiger partial charge in [0.2, 0.25) is 5.91 Å². The number of nitriles is 1. The summed E-state index contributed by atoms with van der Waals surface area (Å²) >= 11 is 0. The number of hydrogen-bond acceptors (Lipinski definition) is 3. The fourth-order valence-electron chi connectivity index (χ4n) is 0.976. The van der Waals surface area contributed by atoms with Crippen molar-refractivity contribution in [2.24, 2.45) is 5.73 Å². The molecule has 0 fully saturated rings. The lowest BCUT2D eigenvalue weighted by molar-refractivity contribution is -0.118. The van der Waals surface area contributed by atoms with Crippen LogP contribution in [0.5, 0.6) is 0 Å². The highest BCUT2D eigenvalue weighted by molar-refractivity contribution is 5.76. The zero-order chi connectivity index (χ0) is 10.3. The van der Waals surface area contributed by atoms with Crippen molar-refractivity contribution in [3.63, 3.8) is 0 Å². The molecule has 0 spiro atoms. The van der Waals surface area contributed by atoms with Crippen LogP contribution in [0.3, 0.4) is 0 Å². The Morgan fingerprint density at radius 3 is 2.69 bits per heavy atom. The van der Waals surface area contributed by atoms with Gasteiger partial charge in [0, 0.05) is 18.8 Å². The fraction of sp³-hybridized carbons (Fsp3) is 0.556. The number of carbonyl (C=O) groups excluding carboxylic acids is 1. The molecule has 0 aromatic rings. The zero-order valence-electron chi connectivity index (χ0n) is 8.08. The third-order valence-corrected chi connectivity index (χ3v) is 1.44. The molecule has 0 saturated carbocycles. The van der Waals surface area contributed by atoms with Crippen molar-refractivity contribution in [3.05, 3.63) is 11.8 Å². The predicted octanol–water partition coefficient (Wildman–Crippen LogP) is 0.611. The van der Waals surface area contributed by atoms with Gasteiger partial charge in [0.1, 0.15) is 0 Å². The van der Waals surface area contributed by atoms with E-state index in [0.29, 0.717) is 5.57 Å². The summed E-state index contributed by atoms with van der Waals surface area (Å²) in [7, 11) is 1.72. The summed E-state index contributed by atoms with van der Waals surface area (Å²) in [5.74, 6) is -0.396. The lowest BCUT2D eigenvalue weighted by Crippen LogP contribution is -2.27. The molecule has 4 heteroatoms. The molecule has 0 aliphatic heterocycles. The van der Waals surface area contributed by atoms with E-state index in [1.54, 1.807) is 18.1 Å². The second-order valence-electron chi connectivity index (χ2n) is 2.90. The van der Waals surface area contributed by atoms with Crippen LogP contribution in [0.2, 0.25) is 0 Å². The number of allylic oxidation sites excluding steroid dienone is 1. The first-order chi connectivity index (χ1) is 6.10. The number of likely N-dealkylation sites (N-methyl/N-ethyl adjacent to an activating group) is 1. The van der Waals surface area contributed by atoms with Crippen molar-refractivity contribution < 1.29 is 4.79 Å². The Hall–Kier alpha value is -1.50. The van der Waals surface area contributed by atoms with E-state index in [-0.39, 0.29) is 6.54 Å². The molecule has 4 nitrogen and oxygen atoms in total. The predicted molar refractivity (Wildman–Crippen MR) is 50.4 cm³/mol. The van der Waals surface area contributed by atoms with Crippen molar-refractivity contribution in [1.29, 1.82) is 5.26 Å². The maximum absolute atomic E-state index is 10.5. The van der Waals surface area contributed by atoms with Crippen molar-refractivity contribution >= 4 is 5.91 Å². The molecule has 13 heavy (non-hydrogen) atoms. The zero-order valence-corrected chi connectivity index (χ0v) is 8.08.